The average molecular weight is 1670 g/mol. The van der Waals surface area contributed by atoms with Gasteiger partial charge in [-0.3, -0.25) is 32.5 Å². The van der Waals surface area contributed by atoms with Gasteiger partial charge in [0.25, 0.3) is 0 Å². The Morgan fingerprint density at radius 2 is 0.453 bits per heavy atom. The van der Waals surface area contributed by atoms with Gasteiger partial charge in [0.1, 0.15) is 25.4 Å². The highest BCUT2D eigenvalue weighted by Gasteiger charge is 2.29. The first-order valence-electron chi connectivity index (χ1n) is 45.7. The summed E-state index contributed by atoms with van der Waals surface area (Å²) in [7, 11) is -9.83. The molecule has 0 rings (SSSR count). The van der Waals surface area contributed by atoms with Gasteiger partial charge < -0.3 is 34.2 Å². The van der Waals surface area contributed by atoms with Crippen LogP contribution in [0.3, 0.4) is 0 Å². The fraction of sp³-hybridized carbons (Fsp3) is 0.646. The Morgan fingerprint density at radius 1 is 0.248 bits per heavy atom. The van der Waals surface area contributed by atoms with E-state index in [0.29, 0.717) is 19.3 Å². The number of phosphoric ester groups is 2. The molecule has 18 heteroatoms. The van der Waals surface area contributed by atoms with Crippen molar-refractivity contribution in [3.63, 3.8) is 0 Å². The van der Waals surface area contributed by atoms with Crippen molar-refractivity contribution >= 4 is 33.6 Å². The number of unbranched alkanes of at least 4 members (excludes halogenated alkanes) is 30. The normalized spacial score (nSPS) is 14.7. The summed E-state index contributed by atoms with van der Waals surface area (Å²) in [4.78, 5) is 59.0. The molecular formula is C99H164O16P2. The zero-order valence-electron chi connectivity index (χ0n) is 73.3. The predicted molar refractivity (Wildman–Crippen MR) is 491 cm³/mol. The second-order valence-electron chi connectivity index (χ2n) is 30.0. The highest BCUT2D eigenvalue weighted by molar-refractivity contribution is 7.47. The summed E-state index contributed by atoms with van der Waals surface area (Å²) in [6.45, 7) is 2.40. The summed E-state index contributed by atoms with van der Waals surface area (Å²) in [6.07, 6.45) is 119. The van der Waals surface area contributed by atoms with E-state index in [9.17, 15) is 43.5 Å². The predicted octanol–water partition coefficient (Wildman–Crippen LogP) is 28.2. The molecule has 0 saturated heterocycles. The maximum atomic E-state index is 13.1. The molecule has 0 amide bonds. The number of aliphatic hydroxyl groups excluding tert-OH is 2. The van der Waals surface area contributed by atoms with Crippen LogP contribution in [0.1, 0.15) is 355 Å². The highest BCUT2D eigenvalue weighted by atomic mass is 31.2. The van der Waals surface area contributed by atoms with Crippen molar-refractivity contribution in [2.45, 2.75) is 373 Å². The van der Waals surface area contributed by atoms with Crippen LogP contribution in [-0.4, -0.2) is 95.9 Å². The maximum Gasteiger partial charge on any atom is 0.472 e. The molecule has 117 heavy (non-hydrogen) atoms. The van der Waals surface area contributed by atoms with Crippen LogP contribution in [-0.2, 0) is 55.8 Å². The van der Waals surface area contributed by atoms with Gasteiger partial charge in [0, 0.05) is 19.3 Å². The van der Waals surface area contributed by atoms with Crippen molar-refractivity contribution in [3.8, 4) is 0 Å². The lowest BCUT2D eigenvalue weighted by Gasteiger charge is -2.21. The number of ether oxygens (including phenoxy) is 3. The first kappa shape index (κ1) is 111. The second kappa shape index (κ2) is 89.6. The Labute approximate surface area is 712 Å². The standard InChI is InChI=1S/C99H164O16P2/c1-4-7-10-13-16-19-22-25-28-31-34-37-40-42-44-45-46-47-49-51-53-55-58-61-64-67-70-73-76-79-82-85-97(102)109-88-94(100)89-111-116(105,106)112-90-95(101)91-113-117(107,108)114-93-96(115-99(104)87-84-81-78-75-72-69-66-63-60-57-52-39-36-33-30-27-24-21-18-15-12-9-6-3)92-110-98(103)86-83-80-77-74-71-68-65-62-59-56-54-50-48-43-41-38-35-32-29-26-23-20-17-14-11-8-5-2/h8-9,11-12,16-21,25-30,34-39,42-44,48,54,56-57,60,66,69,94-96,100-101H,4-7,10,13-15,22-24,31-33,40-41,45-47,49-53,55,58-59,61-65,67-68,70-93H2,1-3H3,(H,105,106)(H,107,108)/b11-8-,12-9-,19-16-,20-17-,21-18-,28-25-,29-26-,30-27-,37-34-,38-35-,39-36-,44-42-,48-43-,56-54-,60-57-,69-66-. The SMILES string of the molecule is CC/C=C\C/C=C\C/C=C\C/C=C\C/C=C\C/C=C\CCCCCCCCCCC(=O)OCC(COP(=O)(O)OCC(O)COP(=O)(O)OCC(O)COC(=O)CCCCCCCCCCCCCCCCC/C=C\C/C=C\C/C=C\C/C=C\CCCCC)OC(=O)CCCCCC/C=C\C/C=C\C/C=C\C/C=C\C/C=C\C/C=C\CC. The maximum absolute atomic E-state index is 13.1. The van der Waals surface area contributed by atoms with Crippen LogP contribution < -0.4 is 0 Å². The summed E-state index contributed by atoms with van der Waals surface area (Å²) in [5.74, 6) is -1.62. The number of esters is 3. The largest absolute Gasteiger partial charge is 0.472 e. The molecule has 4 N–H and O–H groups in total. The van der Waals surface area contributed by atoms with Crippen LogP contribution in [0.25, 0.3) is 0 Å². The number of phosphoric acid groups is 2. The molecule has 5 unspecified atom stereocenters. The molecule has 0 aromatic carbocycles. The lowest BCUT2D eigenvalue weighted by atomic mass is 10.0. The van der Waals surface area contributed by atoms with Crippen LogP contribution in [0, 0.1) is 0 Å². The Kier molecular flexibility index (Phi) is 85.3. The minimum Gasteiger partial charge on any atom is -0.463 e. The van der Waals surface area contributed by atoms with Crippen LogP contribution in [0.5, 0.6) is 0 Å². The summed E-state index contributed by atoms with van der Waals surface area (Å²) < 4.78 is 61.4. The quantitative estimate of drug-likeness (QED) is 0.0146. The minimum atomic E-state index is -4.96. The van der Waals surface area contributed by atoms with Crippen molar-refractivity contribution in [2.24, 2.45) is 0 Å². The van der Waals surface area contributed by atoms with E-state index in [0.717, 1.165) is 186 Å². The van der Waals surface area contributed by atoms with Gasteiger partial charge in [-0.05, 0) is 167 Å². The van der Waals surface area contributed by atoms with Crippen LogP contribution >= 0.6 is 15.6 Å². The monoisotopic (exact) mass is 1670 g/mol. The van der Waals surface area contributed by atoms with E-state index in [-0.39, 0.29) is 19.3 Å². The fourth-order valence-corrected chi connectivity index (χ4v) is 13.5. The van der Waals surface area contributed by atoms with Gasteiger partial charge in [0.15, 0.2) is 6.10 Å². The number of aliphatic hydroxyl groups is 2. The van der Waals surface area contributed by atoms with E-state index in [1.54, 1.807) is 0 Å². The molecule has 0 aromatic heterocycles. The van der Waals surface area contributed by atoms with Gasteiger partial charge in [-0.25, -0.2) is 9.13 Å². The van der Waals surface area contributed by atoms with E-state index < -0.39 is 91.5 Å². The van der Waals surface area contributed by atoms with E-state index in [1.807, 2.05) is 0 Å². The number of hydrogen-bond acceptors (Lipinski definition) is 14. The molecule has 5 atom stereocenters. The van der Waals surface area contributed by atoms with Crippen molar-refractivity contribution in [1.29, 1.82) is 0 Å². The van der Waals surface area contributed by atoms with Crippen molar-refractivity contribution in [3.05, 3.63) is 194 Å². The molecule has 0 aromatic rings. The molecule has 0 heterocycles. The third-order valence-corrected chi connectivity index (χ3v) is 20.7. The molecule has 0 aliphatic carbocycles. The molecule has 0 aliphatic rings. The first-order chi connectivity index (χ1) is 57.2. The van der Waals surface area contributed by atoms with Gasteiger partial charge in [-0.2, -0.15) is 0 Å². The molecule has 0 bridgehead atoms. The number of carbonyl (C=O) groups is 3. The van der Waals surface area contributed by atoms with Gasteiger partial charge >= 0.3 is 33.6 Å². The zero-order chi connectivity index (χ0) is 85.1. The number of allylic oxidation sites excluding steroid dienone is 32. The third-order valence-electron chi connectivity index (χ3n) is 18.8. The van der Waals surface area contributed by atoms with Crippen LogP contribution in [0.2, 0.25) is 0 Å². The molecule has 0 aliphatic heterocycles. The number of carbonyl (C=O) groups excluding carboxylic acids is 3. The second-order valence-corrected chi connectivity index (χ2v) is 32.9. The fourth-order valence-electron chi connectivity index (χ4n) is 11.9. The Hall–Kier alpha value is -5.61. The summed E-state index contributed by atoms with van der Waals surface area (Å²) in [5, 5.41) is 20.7. The number of hydrogen-bond donors (Lipinski definition) is 4. The van der Waals surface area contributed by atoms with Gasteiger partial charge in [0.05, 0.1) is 26.4 Å². The van der Waals surface area contributed by atoms with Crippen molar-refractivity contribution < 1.29 is 75.8 Å². The van der Waals surface area contributed by atoms with Crippen LogP contribution in [0.4, 0.5) is 0 Å². The zero-order valence-corrected chi connectivity index (χ0v) is 75.1. The van der Waals surface area contributed by atoms with E-state index in [1.165, 1.54) is 109 Å². The summed E-state index contributed by atoms with van der Waals surface area (Å²) >= 11 is 0. The van der Waals surface area contributed by atoms with Crippen molar-refractivity contribution in [1.82, 2.24) is 0 Å². The van der Waals surface area contributed by atoms with Gasteiger partial charge in [-0.15, -0.1) is 0 Å². The summed E-state index contributed by atoms with van der Waals surface area (Å²) in [6, 6.07) is 0. The van der Waals surface area contributed by atoms with Gasteiger partial charge in [0.2, 0.25) is 0 Å². The molecule has 0 spiro atoms. The van der Waals surface area contributed by atoms with Gasteiger partial charge in [-0.1, -0.05) is 363 Å². The first-order valence-corrected chi connectivity index (χ1v) is 48.7. The van der Waals surface area contributed by atoms with E-state index in [4.69, 9.17) is 32.3 Å². The van der Waals surface area contributed by atoms with E-state index >= 15 is 0 Å². The summed E-state index contributed by atoms with van der Waals surface area (Å²) in [5.41, 5.74) is 0. The number of rotatable bonds is 85. The van der Waals surface area contributed by atoms with Crippen molar-refractivity contribution in [2.75, 3.05) is 39.6 Å². The molecule has 0 radical (unpaired) electrons. The highest BCUT2D eigenvalue weighted by Crippen LogP contribution is 2.45. The average Bonchev–Trinajstić information content (AvgIpc) is 1.07. The third kappa shape index (κ3) is 91.0. The smallest absolute Gasteiger partial charge is 0.463 e. The Bertz CT molecular complexity index is 2910. The lowest BCUT2D eigenvalue weighted by molar-refractivity contribution is -0.161. The molecule has 16 nitrogen and oxygen atoms in total. The molecule has 666 valence electrons. The van der Waals surface area contributed by atoms with E-state index in [2.05, 4.69) is 215 Å². The lowest BCUT2D eigenvalue weighted by Crippen LogP contribution is -2.30. The molecular weight excluding hydrogens is 1510 g/mol. The molecule has 0 fully saturated rings. The topological polar surface area (TPSA) is 231 Å². The van der Waals surface area contributed by atoms with Crippen LogP contribution in [0.15, 0.2) is 194 Å². The Balaban J connectivity index is 4.66. The minimum absolute atomic E-state index is 0.0651. The molecule has 0 saturated carbocycles. The Morgan fingerprint density at radius 3 is 0.718 bits per heavy atom.